The predicted octanol–water partition coefficient (Wildman–Crippen LogP) is 3.26. The zero-order valence-corrected chi connectivity index (χ0v) is 20.8. The monoisotopic (exact) mass is 501 g/mol. The number of azo groups is 1. The molecule has 2 aromatic rings. The van der Waals surface area contributed by atoms with Crippen LogP contribution in [0.2, 0.25) is 0 Å². The molecule has 0 unspecified atom stereocenters. The Labute approximate surface area is 204 Å². The number of anilines is 1. The molecule has 1 saturated carbocycles. The molecule has 1 fully saturated rings. The number of allylic oxidation sites excluding steroid dienone is 1. The Kier molecular flexibility index (Phi) is 6.26. The van der Waals surface area contributed by atoms with E-state index in [0.29, 0.717) is 22.6 Å². The molecule has 0 bridgehead atoms. The van der Waals surface area contributed by atoms with Gasteiger partial charge >= 0.3 is 10.2 Å². The Balaban J connectivity index is 1.49. The van der Waals surface area contributed by atoms with Crippen molar-refractivity contribution in [3.05, 3.63) is 57.7 Å². The number of fused-ring (bicyclic) bond motifs is 3. The van der Waals surface area contributed by atoms with Gasteiger partial charge < -0.3 is 9.72 Å². The number of para-hydroxylation sites is 1. The summed E-state index contributed by atoms with van der Waals surface area (Å²) in [6.45, 7) is 0.476. The summed E-state index contributed by atoms with van der Waals surface area (Å²) < 4.78 is 35.0. The maximum atomic E-state index is 13.1. The Bertz CT molecular complexity index is 1360. The quantitative estimate of drug-likeness (QED) is 0.681. The van der Waals surface area contributed by atoms with Crippen LogP contribution in [0.25, 0.3) is 11.8 Å². The lowest BCUT2D eigenvalue weighted by Crippen LogP contribution is -2.42. The average molecular weight is 502 g/mol. The normalized spacial score (nSPS) is 22.5. The molecule has 0 saturated heterocycles. The third-order valence-electron chi connectivity index (χ3n) is 6.60. The maximum Gasteiger partial charge on any atom is 0.303 e. The topological polar surface area (TPSA) is 90.4 Å². The molecule has 8 nitrogen and oxygen atoms in total. The van der Waals surface area contributed by atoms with Gasteiger partial charge in [0.25, 0.3) is 0 Å². The van der Waals surface area contributed by atoms with Gasteiger partial charge in [-0.1, -0.05) is 29.8 Å². The Morgan fingerprint density at radius 2 is 1.88 bits per heavy atom. The van der Waals surface area contributed by atoms with Gasteiger partial charge in [-0.25, -0.2) is 0 Å². The molecule has 180 valence electrons. The van der Waals surface area contributed by atoms with Gasteiger partial charge in [0.2, 0.25) is 0 Å². The predicted molar refractivity (Wildman–Crippen MR) is 133 cm³/mol. The first-order valence-corrected chi connectivity index (χ1v) is 13.2. The van der Waals surface area contributed by atoms with E-state index in [1.807, 2.05) is 30.3 Å². The molecule has 34 heavy (non-hydrogen) atoms. The number of rotatable bonds is 5. The molecule has 1 aromatic carbocycles. The lowest BCUT2D eigenvalue weighted by molar-refractivity contribution is 0.142. The molecule has 0 amide bonds. The van der Waals surface area contributed by atoms with E-state index in [1.54, 1.807) is 12.2 Å². The molecule has 1 aliphatic carbocycles. The molecule has 0 atom stereocenters. The van der Waals surface area contributed by atoms with E-state index in [0.717, 1.165) is 48.0 Å². The Hall–Kier alpha value is -2.62. The van der Waals surface area contributed by atoms with E-state index < -0.39 is 10.2 Å². The molecule has 1 N–H and O–H groups in total. The van der Waals surface area contributed by atoms with Crippen molar-refractivity contribution in [3.8, 4) is 5.75 Å². The number of nitrogens with zero attached hydrogens (tertiary/aromatic N) is 4. The van der Waals surface area contributed by atoms with Crippen LogP contribution >= 0.6 is 11.6 Å². The number of nitrogens with one attached hydrogen (secondary N) is 1. The maximum absolute atomic E-state index is 13.1. The van der Waals surface area contributed by atoms with E-state index in [1.165, 1.54) is 22.7 Å². The van der Waals surface area contributed by atoms with Crippen LogP contribution in [0.1, 0.15) is 31.2 Å². The van der Waals surface area contributed by atoms with Gasteiger partial charge in [0.05, 0.1) is 41.3 Å². The molecule has 10 heteroatoms. The van der Waals surface area contributed by atoms with Crippen LogP contribution in [0.5, 0.6) is 5.75 Å². The van der Waals surface area contributed by atoms with Gasteiger partial charge in [-0.2, -0.15) is 23.0 Å². The smallest absolute Gasteiger partial charge is 0.303 e. The van der Waals surface area contributed by atoms with Crippen molar-refractivity contribution < 1.29 is 13.2 Å². The molecular weight excluding hydrogens is 474 g/mol. The van der Waals surface area contributed by atoms with E-state index >= 15 is 0 Å². The van der Waals surface area contributed by atoms with Gasteiger partial charge in [0.1, 0.15) is 5.75 Å². The van der Waals surface area contributed by atoms with Crippen molar-refractivity contribution in [1.82, 2.24) is 9.29 Å². The summed E-state index contributed by atoms with van der Waals surface area (Å²) in [4.78, 5) is 3.44. The van der Waals surface area contributed by atoms with E-state index in [4.69, 9.17) is 16.3 Å². The zero-order chi connectivity index (χ0) is 23.9. The number of hydrogen-bond donors (Lipinski definition) is 1. The lowest BCUT2D eigenvalue weighted by Gasteiger charge is -2.29. The minimum absolute atomic E-state index is 0.154. The number of ether oxygens (including phenoxy) is 1. The molecule has 3 aliphatic rings. The summed E-state index contributed by atoms with van der Waals surface area (Å²) in [7, 11) is -0.659. The largest absolute Gasteiger partial charge is 0.490 e. The highest BCUT2D eigenvalue weighted by atomic mass is 35.5. The number of H-pyrrole nitrogens is 1. The third-order valence-corrected chi connectivity index (χ3v) is 8.67. The highest BCUT2D eigenvalue weighted by molar-refractivity contribution is 7.90. The molecule has 0 radical (unpaired) electrons. The van der Waals surface area contributed by atoms with Crippen LogP contribution in [-0.4, -0.2) is 44.5 Å². The van der Waals surface area contributed by atoms with Gasteiger partial charge in [0, 0.05) is 30.6 Å². The fourth-order valence-corrected chi connectivity index (χ4v) is 6.12. The summed E-state index contributed by atoms with van der Waals surface area (Å²) in [5.74, 6) is 1.12. The molecule has 3 heterocycles. The second-order valence-corrected chi connectivity index (χ2v) is 11.5. The fourth-order valence-electron chi connectivity index (χ4n) is 4.84. The van der Waals surface area contributed by atoms with Crippen LogP contribution in [0, 0.1) is 5.92 Å². The van der Waals surface area contributed by atoms with Crippen molar-refractivity contribution in [2.45, 2.75) is 38.3 Å². The summed E-state index contributed by atoms with van der Waals surface area (Å²) >= 11 is 6.36. The van der Waals surface area contributed by atoms with Gasteiger partial charge in [-0.15, -0.1) is 0 Å². The van der Waals surface area contributed by atoms with E-state index in [2.05, 4.69) is 15.2 Å². The first-order chi connectivity index (χ1) is 16.3. The number of benzene rings is 1. The molecular formula is C24H28ClN5O3S. The standard InChI is InChI=1S/C24H28ClN5O3S/c1-29(2)34(31,32)30-13-12-17(25)14-21-24(30)20-15-26-28-22(23(20)27-21)16-8-10-19(11-9-16)33-18-6-4-3-5-7-18/h3-7,12,14,16,19,27H,8-11,13,15H2,1-2H3. The second kappa shape index (κ2) is 9.20. The second-order valence-electron chi connectivity index (χ2n) is 8.98. The summed E-state index contributed by atoms with van der Waals surface area (Å²) in [6.07, 6.45) is 7.37. The molecule has 0 spiro atoms. The minimum Gasteiger partial charge on any atom is -0.490 e. The first-order valence-electron chi connectivity index (χ1n) is 11.5. The van der Waals surface area contributed by atoms with Crippen molar-refractivity contribution in [1.29, 1.82) is 0 Å². The number of halogens is 1. The lowest BCUT2D eigenvalue weighted by atomic mass is 9.84. The highest BCUT2D eigenvalue weighted by Crippen LogP contribution is 2.35. The van der Waals surface area contributed by atoms with Gasteiger partial charge in [-0.3, -0.25) is 4.31 Å². The van der Waals surface area contributed by atoms with Crippen LogP contribution in [0.3, 0.4) is 0 Å². The van der Waals surface area contributed by atoms with Gasteiger partial charge in [0.15, 0.2) is 0 Å². The van der Waals surface area contributed by atoms with Crippen LogP contribution in [-0.2, 0) is 16.8 Å². The van der Waals surface area contributed by atoms with E-state index in [-0.39, 0.29) is 18.6 Å². The van der Waals surface area contributed by atoms with Gasteiger partial charge in [-0.05, 0) is 50.0 Å². The van der Waals surface area contributed by atoms with Crippen molar-refractivity contribution in [2.75, 3.05) is 24.9 Å². The number of aromatic nitrogens is 1. The number of aromatic amines is 1. The average Bonchev–Trinajstić information content (AvgIpc) is 3.08. The third kappa shape index (κ3) is 4.28. The van der Waals surface area contributed by atoms with Crippen molar-refractivity contribution >= 4 is 39.3 Å². The van der Waals surface area contributed by atoms with E-state index in [9.17, 15) is 8.42 Å². The summed E-state index contributed by atoms with van der Waals surface area (Å²) in [5, 5.41) is 11.0. The summed E-state index contributed by atoms with van der Waals surface area (Å²) in [6, 6.07) is 9.91. The molecule has 5 rings (SSSR count). The van der Waals surface area contributed by atoms with Crippen molar-refractivity contribution in [2.24, 2.45) is 16.1 Å². The fraction of sp³-hybridized carbons (Fsp3) is 0.417. The SMILES string of the molecule is CN(C)S(=O)(=O)N1CC=C(Cl)C=c2[nH]c3c(c21)CN=NC=3C1CCC(Oc2ccccc2)CC1. The minimum atomic E-state index is -3.72. The first kappa shape index (κ1) is 23.1. The highest BCUT2D eigenvalue weighted by Gasteiger charge is 2.33. The molecule has 1 aromatic heterocycles. The van der Waals surface area contributed by atoms with Crippen molar-refractivity contribution in [3.63, 3.8) is 0 Å². The van der Waals surface area contributed by atoms with Crippen LogP contribution < -0.4 is 19.7 Å². The summed E-state index contributed by atoms with van der Waals surface area (Å²) in [5.41, 5.74) is 2.35. The zero-order valence-electron chi connectivity index (χ0n) is 19.2. The van der Waals surface area contributed by atoms with Crippen LogP contribution in [0.15, 0.2) is 51.7 Å². The molecule has 2 aliphatic heterocycles. The number of hydrogen-bond acceptors (Lipinski definition) is 5. The Morgan fingerprint density at radius 1 is 1.15 bits per heavy atom. The Morgan fingerprint density at radius 3 is 2.59 bits per heavy atom. The van der Waals surface area contributed by atoms with Crippen LogP contribution in [0.4, 0.5) is 5.69 Å².